The molecule has 0 aliphatic carbocycles. The van der Waals surface area contributed by atoms with Crippen LogP contribution in [0.15, 0.2) is 24.3 Å². The molecule has 0 saturated carbocycles. The number of halogens is 3. The monoisotopic (exact) mass is 340 g/mol. The molecule has 2 aromatic rings. The first kappa shape index (κ1) is 16.6. The van der Waals surface area contributed by atoms with Crippen LogP contribution in [0.3, 0.4) is 0 Å². The van der Waals surface area contributed by atoms with E-state index in [4.69, 9.17) is 17.3 Å². The number of nitrogens with one attached hydrogen (secondary N) is 2. The number of carbonyl (C=O) groups excluding carboxylic acids is 2. The fraction of sp³-hybridized carbons (Fsp3) is 0.0714. The van der Waals surface area contributed by atoms with Crippen LogP contribution in [0, 0.1) is 11.6 Å². The van der Waals surface area contributed by atoms with Crippen molar-refractivity contribution in [3.05, 3.63) is 46.6 Å². The van der Waals surface area contributed by atoms with Gasteiger partial charge in [-0.15, -0.1) is 0 Å². The van der Waals surface area contributed by atoms with Crippen molar-refractivity contribution in [1.82, 2.24) is 4.98 Å². The standard InChI is InChI=1S/C14H11ClF2N4O2/c1-6(22)19-10-4-8(16)9(17)5-11(10)20-14(23)7-2-12(15)21-13(18)3-7/h2-5H,1H3,(H2,18,21)(H,19,22)(H,20,23). The molecule has 0 saturated heterocycles. The molecule has 4 N–H and O–H groups in total. The van der Waals surface area contributed by atoms with Gasteiger partial charge in [0, 0.05) is 24.6 Å². The predicted molar refractivity (Wildman–Crippen MR) is 82.3 cm³/mol. The summed E-state index contributed by atoms with van der Waals surface area (Å²) in [4.78, 5) is 27.0. The van der Waals surface area contributed by atoms with E-state index >= 15 is 0 Å². The minimum Gasteiger partial charge on any atom is -0.384 e. The Morgan fingerprint density at radius 3 is 2.17 bits per heavy atom. The average Bonchev–Trinajstić information content (AvgIpc) is 2.42. The van der Waals surface area contributed by atoms with Crippen LogP contribution in [-0.4, -0.2) is 16.8 Å². The van der Waals surface area contributed by atoms with Crippen molar-refractivity contribution in [1.29, 1.82) is 0 Å². The summed E-state index contributed by atoms with van der Waals surface area (Å²) in [5.74, 6) is -3.51. The molecular weight excluding hydrogens is 330 g/mol. The van der Waals surface area contributed by atoms with E-state index in [1.807, 2.05) is 0 Å². The summed E-state index contributed by atoms with van der Waals surface area (Å²) < 4.78 is 26.7. The summed E-state index contributed by atoms with van der Waals surface area (Å²) in [6.07, 6.45) is 0. The van der Waals surface area contributed by atoms with Gasteiger partial charge in [0.15, 0.2) is 11.6 Å². The molecule has 9 heteroatoms. The lowest BCUT2D eigenvalue weighted by atomic mass is 10.2. The van der Waals surface area contributed by atoms with Gasteiger partial charge >= 0.3 is 0 Å². The minimum atomic E-state index is -1.18. The smallest absolute Gasteiger partial charge is 0.255 e. The van der Waals surface area contributed by atoms with Gasteiger partial charge in [0.05, 0.1) is 11.4 Å². The summed E-state index contributed by atoms with van der Waals surface area (Å²) >= 11 is 5.71. The quantitative estimate of drug-likeness (QED) is 0.748. The van der Waals surface area contributed by atoms with Gasteiger partial charge in [-0.3, -0.25) is 9.59 Å². The van der Waals surface area contributed by atoms with Crippen molar-refractivity contribution >= 4 is 40.6 Å². The molecule has 0 aliphatic rings. The van der Waals surface area contributed by atoms with Crippen LogP contribution in [0.2, 0.25) is 5.15 Å². The van der Waals surface area contributed by atoms with Gasteiger partial charge in [-0.2, -0.15) is 0 Å². The highest BCUT2D eigenvalue weighted by Gasteiger charge is 2.15. The third-order valence-electron chi connectivity index (χ3n) is 2.70. The predicted octanol–water partition coefficient (Wildman–Crippen LogP) is 2.81. The van der Waals surface area contributed by atoms with Crippen LogP contribution in [-0.2, 0) is 4.79 Å². The summed E-state index contributed by atoms with van der Waals surface area (Å²) in [6, 6.07) is 4.04. The Morgan fingerprint density at radius 1 is 1.09 bits per heavy atom. The fourth-order valence-corrected chi connectivity index (χ4v) is 2.00. The molecule has 0 aliphatic heterocycles. The molecule has 0 bridgehead atoms. The number of nitrogen functional groups attached to an aromatic ring is 1. The number of nitrogens with zero attached hydrogens (tertiary/aromatic N) is 1. The first-order valence-electron chi connectivity index (χ1n) is 6.27. The maximum absolute atomic E-state index is 13.4. The van der Waals surface area contributed by atoms with Crippen LogP contribution < -0.4 is 16.4 Å². The number of aromatic nitrogens is 1. The zero-order chi connectivity index (χ0) is 17.1. The molecular formula is C14H11ClF2N4O2. The van der Waals surface area contributed by atoms with E-state index < -0.39 is 23.4 Å². The molecule has 0 atom stereocenters. The van der Waals surface area contributed by atoms with E-state index in [1.165, 1.54) is 19.1 Å². The first-order chi connectivity index (χ1) is 10.8. The number of rotatable bonds is 3. The topological polar surface area (TPSA) is 97.1 Å². The number of carbonyl (C=O) groups is 2. The molecule has 0 unspecified atom stereocenters. The Bertz CT molecular complexity index is 778. The van der Waals surface area contributed by atoms with E-state index in [0.29, 0.717) is 0 Å². The second-order valence-corrected chi connectivity index (χ2v) is 4.94. The Morgan fingerprint density at radius 2 is 1.65 bits per heavy atom. The summed E-state index contributed by atoms with van der Waals surface area (Å²) in [6.45, 7) is 1.19. The minimum absolute atomic E-state index is 0.00233. The molecule has 1 heterocycles. The molecule has 0 fully saturated rings. The lowest BCUT2D eigenvalue weighted by molar-refractivity contribution is -0.114. The highest BCUT2D eigenvalue weighted by molar-refractivity contribution is 6.30. The van der Waals surface area contributed by atoms with Gasteiger partial charge in [0.25, 0.3) is 5.91 Å². The van der Waals surface area contributed by atoms with Gasteiger partial charge < -0.3 is 16.4 Å². The average molecular weight is 341 g/mol. The molecule has 1 aromatic carbocycles. The molecule has 2 rings (SSSR count). The second kappa shape index (κ2) is 6.57. The molecule has 2 amide bonds. The van der Waals surface area contributed by atoms with E-state index in [-0.39, 0.29) is 27.9 Å². The number of nitrogens with two attached hydrogens (primary N) is 1. The highest BCUT2D eigenvalue weighted by Crippen LogP contribution is 2.26. The number of anilines is 3. The zero-order valence-corrected chi connectivity index (χ0v) is 12.5. The van der Waals surface area contributed by atoms with Crippen molar-refractivity contribution in [3.8, 4) is 0 Å². The van der Waals surface area contributed by atoms with E-state index in [1.54, 1.807) is 0 Å². The van der Waals surface area contributed by atoms with Crippen molar-refractivity contribution in [2.75, 3.05) is 16.4 Å². The molecule has 0 spiro atoms. The van der Waals surface area contributed by atoms with Gasteiger partial charge in [-0.25, -0.2) is 13.8 Å². The number of hydrogen-bond donors (Lipinski definition) is 3. The molecule has 0 radical (unpaired) electrons. The van der Waals surface area contributed by atoms with Gasteiger partial charge in [0.1, 0.15) is 11.0 Å². The van der Waals surface area contributed by atoms with Crippen molar-refractivity contribution in [2.45, 2.75) is 6.92 Å². The normalized spacial score (nSPS) is 10.3. The van der Waals surface area contributed by atoms with Crippen molar-refractivity contribution in [2.24, 2.45) is 0 Å². The SMILES string of the molecule is CC(=O)Nc1cc(F)c(F)cc1NC(=O)c1cc(N)nc(Cl)c1. The Kier molecular flexibility index (Phi) is 4.75. The van der Waals surface area contributed by atoms with Crippen molar-refractivity contribution < 1.29 is 18.4 Å². The van der Waals surface area contributed by atoms with Crippen LogP contribution in [0.5, 0.6) is 0 Å². The Hall–Kier alpha value is -2.74. The number of pyridine rings is 1. The molecule has 23 heavy (non-hydrogen) atoms. The number of benzene rings is 1. The van der Waals surface area contributed by atoms with E-state index in [2.05, 4.69) is 15.6 Å². The van der Waals surface area contributed by atoms with Gasteiger partial charge in [-0.05, 0) is 12.1 Å². The molecule has 1 aromatic heterocycles. The van der Waals surface area contributed by atoms with E-state index in [9.17, 15) is 18.4 Å². The molecule has 120 valence electrons. The fourth-order valence-electron chi connectivity index (χ4n) is 1.79. The van der Waals surface area contributed by atoms with Crippen LogP contribution in [0.4, 0.5) is 26.0 Å². The van der Waals surface area contributed by atoms with E-state index in [0.717, 1.165) is 12.1 Å². The largest absolute Gasteiger partial charge is 0.384 e. The third kappa shape index (κ3) is 4.13. The Balaban J connectivity index is 2.36. The maximum Gasteiger partial charge on any atom is 0.255 e. The van der Waals surface area contributed by atoms with Gasteiger partial charge in [0.2, 0.25) is 5.91 Å². The lowest BCUT2D eigenvalue weighted by Gasteiger charge is -2.12. The number of amides is 2. The summed E-state index contributed by atoms with van der Waals surface area (Å²) in [5.41, 5.74) is 5.36. The second-order valence-electron chi connectivity index (χ2n) is 4.55. The third-order valence-corrected chi connectivity index (χ3v) is 2.89. The highest BCUT2D eigenvalue weighted by atomic mass is 35.5. The summed E-state index contributed by atoms with van der Waals surface area (Å²) in [5, 5.41) is 4.65. The van der Waals surface area contributed by atoms with Crippen molar-refractivity contribution in [3.63, 3.8) is 0 Å². The van der Waals surface area contributed by atoms with Gasteiger partial charge in [-0.1, -0.05) is 11.6 Å². The molecule has 6 nitrogen and oxygen atoms in total. The van der Waals surface area contributed by atoms with Crippen LogP contribution in [0.25, 0.3) is 0 Å². The first-order valence-corrected chi connectivity index (χ1v) is 6.65. The lowest BCUT2D eigenvalue weighted by Crippen LogP contribution is -2.16. The number of hydrogen-bond acceptors (Lipinski definition) is 4. The maximum atomic E-state index is 13.4. The zero-order valence-electron chi connectivity index (χ0n) is 11.8. The van der Waals surface area contributed by atoms with Crippen LogP contribution >= 0.6 is 11.6 Å². The van der Waals surface area contributed by atoms with Crippen LogP contribution in [0.1, 0.15) is 17.3 Å². The summed E-state index contributed by atoms with van der Waals surface area (Å²) in [7, 11) is 0. The Labute approximate surface area is 134 Å².